The van der Waals surface area contributed by atoms with Crippen LogP contribution < -0.4 is 11.1 Å². The molecule has 0 radical (unpaired) electrons. The van der Waals surface area contributed by atoms with E-state index in [4.69, 9.17) is 15.3 Å². The minimum atomic E-state index is -1.01. The summed E-state index contributed by atoms with van der Waals surface area (Å²) in [5, 5.41) is 12.8. The SMILES string of the molecule is Nc1nc(NCc2ccoc2)c2cc(C(=O)O)ccc2n1. The smallest absolute Gasteiger partial charge is 0.335 e. The molecule has 7 heteroatoms. The molecule has 0 amide bonds. The molecule has 2 aromatic heterocycles. The molecule has 21 heavy (non-hydrogen) atoms. The number of rotatable bonds is 4. The summed E-state index contributed by atoms with van der Waals surface area (Å²) in [4.78, 5) is 19.3. The summed E-state index contributed by atoms with van der Waals surface area (Å²) in [5.74, 6) is -0.392. The van der Waals surface area contributed by atoms with Gasteiger partial charge in [-0.3, -0.25) is 0 Å². The molecule has 0 aliphatic carbocycles. The summed E-state index contributed by atoms with van der Waals surface area (Å²) in [7, 11) is 0. The average Bonchev–Trinajstić information content (AvgIpc) is 2.97. The standard InChI is InChI=1S/C14H12N4O3/c15-14-17-11-2-1-9(13(19)20)5-10(11)12(18-14)16-6-8-3-4-21-7-8/h1-5,7H,6H2,(H,19,20)(H3,15,16,17,18). The van der Waals surface area contributed by atoms with Gasteiger partial charge in [0, 0.05) is 17.5 Å². The Labute approximate surface area is 119 Å². The normalized spacial score (nSPS) is 10.7. The number of fused-ring (bicyclic) bond motifs is 1. The number of aromatic nitrogens is 2. The highest BCUT2D eigenvalue weighted by Gasteiger charge is 2.10. The molecule has 0 saturated carbocycles. The van der Waals surface area contributed by atoms with Crippen molar-refractivity contribution in [1.82, 2.24) is 9.97 Å². The van der Waals surface area contributed by atoms with E-state index in [-0.39, 0.29) is 11.5 Å². The van der Waals surface area contributed by atoms with E-state index in [9.17, 15) is 4.79 Å². The summed E-state index contributed by atoms with van der Waals surface area (Å²) in [6.45, 7) is 0.485. The summed E-state index contributed by atoms with van der Waals surface area (Å²) in [6.07, 6.45) is 3.19. The number of nitrogen functional groups attached to an aromatic ring is 1. The number of aromatic carboxylic acids is 1. The number of nitrogens with one attached hydrogen (secondary N) is 1. The maximum absolute atomic E-state index is 11.1. The van der Waals surface area contributed by atoms with Gasteiger partial charge >= 0.3 is 5.97 Å². The van der Waals surface area contributed by atoms with Crippen molar-refractivity contribution in [2.45, 2.75) is 6.54 Å². The Hall–Kier alpha value is -3.09. The van der Waals surface area contributed by atoms with Crippen molar-refractivity contribution in [1.29, 1.82) is 0 Å². The average molecular weight is 284 g/mol. The molecular weight excluding hydrogens is 272 g/mol. The Balaban J connectivity index is 2.02. The zero-order chi connectivity index (χ0) is 14.8. The number of hydrogen-bond donors (Lipinski definition) is 3. The highest BCUT2D eigenvalue weighted by Crippen LogP contribution is 2.23. The van der Waals surface area contributed by atoms with Gasteiger partial charge in [0.05, 0.1) is 23.6 Å². The van der Waals surface area contributed by atoms with Gasteiger partial charge in [0.2, 0.25) is 5.95 Å². The molecule has 106 valence electrons. The fourth-order valence-electron chi connectivity index (χ4n) is 1.99. The van der Waals surface area contributed by atoms with Gasteiger partial charge in [0.1, 0.15) is 5.82 Å². The first-order valence-corrected chi connectivity index (χ1v) is 6.19. The minimum Gasteiger partial charge on any atom is -0.478 e. The van der Waals surface area contributed by atoms with Crippen molar-refractivity contribution in [3.05, 3.63) is 47.9 Å². The highest BCUT2D eigenvalue weighted by atomic mass is 16.4. The van der Waals surface area contributed by atoms with E-state index < -0.39 is 5.97 Å². The van der Waals surface area contributed by atoms with Gasteiger partial charge in [-0.1, -0.05) is 0 Å². The second-order valence-electron chi connectivity index (χ2n) is 4.45. The maximum atomic E-state index is 11.1. The second kappa shape index (κ2) is 5.12. The fourth-order valence-corrected chi connectivity index (χ4v) is 1.99. The monoisotopic (exact) mass is 284 g/mol. The van der Waals surface area contributed by atoms with E-state index >= 15 is 0 Å². The Morgan fingerprint density at radius 3 is 2.90 bits per heavy atom. The van der Waals surface area contributed by atoms with Crippen molar-refractivity contribution in [2.24, 2.45) is 0 Å². The van der Waals surface area contributed by atoms with Gasteiger partial charge in [0.25, 0.3) is 0 Å². The molecule has 0 bridgehead atoms. The summed E-state index contributed by atoms with van der Waals surface area (Å²) >= 11 is 0. The van der Waals surface area contributed by atoms with E-state index in [0.717, 1.165) is 5.56 Å². The molecule has 0 unspecified atom stereocenters. The molecule has 0 spiro atoms. The van der Waals surface area contributed by atoms with Crippen LogP contribution in [0.15, 0.2) is 41.2 Å². The van der Waals surface area contributed by atoms with Crippen molar-refractivity contribution < 1.29 is 14.3 Å². The van der Waals surface area contributed by atoms with Crippen LogP contribution >= 0.6 is 0 Å². The largest absolute Gasteiger partial charge is 0.478 e. The van der Waals surface area contributed by atoms with Crippen molar-refractivity contribution in [3.8, 4) is 0 Å². The van der Waals surface area contributed by atoms with E-state index in [1.165, 1.54) is 12.1 Å². The molecule has 7 nitrogen and oxygen atoms in total. The van der Waals surface area contributed by atoms with Gasteiger partial charge < -0.3 is 20.6 Å². The van der Waals surface area contributed by atoms with Crippen LogP contribution in [-0.4, -0.2) is 21.0 Å². The molecule has 1 aromatic carbocycles. The first kappa shape index (κ1) is 12.9. The first-order valence-electron chi connectivity index (χ1n) is 6.19. The molecule has 0 fully saturated rings. The lowest BCUT2D eigenvalue weighted by molar-refractivity contribution is 0.0697. The third-order valence-corrected chi connectivity index (χ3v) is 3.00. The lowest BCUT2D eigenvalue weighted by atomic mass is 10.1. The van der Waals surface area contributed by atoms with Gasteiger partial charge in [0.15, 0.2) is 0 Å². The lowest BCUT2D eigenvalue weighted by Crippen LogP contribution is -2.06. The molecule has 4 N–H and O–H groups in total. The Morgan fingerprint density at radius 1 is 1.33 bits per heavy atom. The van der Waals surface area contributed by atoms with Gasteiger partial charge in [-0.05, 0) is 24.3 Å². The van der Waals surface area contributed by atoms with Gasteiger partial charge in [-0.25, -0.2) is 9.78 Å². The van der Waals surface area contributed by atoms with Crippen molar-refractivity contribution >= 4 is 28.6 Å². The van der Waals surface area contributed by atoms with Crippen molar-refractivity contribution in [3.63, 3.8) is 0 Å². The lowest BCUT2D eigenvalue weighted by Gasteiger charge is -2.09. The molecule has 0 atom stereocenters. The molecule has 2 heterocycles. The predicted octanol–water partition coefficient (Wildman–Crippen LogP) is 2.12. The minimum absolute atomic E-state index is 0.125. The first-order chi connectivity index (χ1) is 10.1. The molecular formula is C14H12N4O3. The van der Waals surface area contributed by atoms with Crippen molar-refractivity contribution in [2.75, 3.05) is 11.1 Å². The van der Waals surface area contributed by atoms with Crippen LogP contribution in [0.4, 0.5) is 11.8 Å². The quantitative estimate of drug-likeness (QED) is 0.672. The number of hydrogen-bond acceptors (Lipinski definition) is 6. The van der Waals surface area contributed by atoms with E-state index in [1.807, 2.05) is 6.07 Å². The number of carboxylic acid groups (broad SMARTS) is 1. The van der Waals surface area contributed by atoms with Crippen LogP contribution in [0.1, 0.15) is 15.9 Å². The van der Waals surface area contributed by atoms with Crippen LogP contribution in [0.3, 0.4) is 0 Å². The zero-order valence-electron chi connectivity index (χ0n) is 10.9. The maximum Gasteiger partial charge on any atom is 0.335 e. The topological polar surface area (TPSA) is 114 Å². The zero-order valence-corrected chi connectivity index (χ0v) is 10.9. The van der Waals surface area contributed by atoms with Crippen LogP contribution in [0.2, 0.25) is 0 Å². The number of furan rings is 1. The number of nitrogens with two attached hydrogens (primary N) is 1. The Bertz CT molecular complexity index is 799. The van der Waals surface area contributed by atoms with Crippen LogP contribution in [-0.2, 0) is 6.54 Å². The Morgan fingerprint density at radius 2 is 2.19 bits per heavy atom. The highest BCUT2D eigenvalue weighted by molar-refractivity contribution is 5.97. The number of anilines is 2. The van der Waals surface area contributed by atoms with E-state index in [2.05, 4.69) is 15.3 Å². The summed E-state index contributed by atoms with van der Waals surface area (Å²) < 4.78 is 4.99. The third kappa shape index (κ3) is 2.62. The molecule has 0 aliphatic heterocycles. The molecule has 0 saturated heterocycles. The second-order valence-corrected chi connectivity index (χ2v) is 4.45. The fraction of sp³-hybridized carbons (Fsp3) is 0.0714. The number of nitrogens with zero attached hydrogens (tertiary/aromatic N) is 2. The summed E-state index contributed by atoms with van der Waals surface area (Å²) in [5.41, 5.74) is 7.37. The van der Waals surface area contributed by atoms with Gasteiger partial charge in [-0.2, -0.15) is 4.98 Å². The van der Waals surface area contributed by atoms with Crippen LogP contribution in [0.5, 0.6) is 0 Å². The molecule has 3 aromatic rings. The third-order valence-electron chi connectivity index (χ3n) is 3.00. The van der Waals surface area contributed by atoms with E-state index in [1.54, 1.807) is 18.6 Å². The summed E-state index contributed by atoms with van der Waals surface area (Å²) in [6, 6.07) is 6.44. The van der Waals surface area contributed by atoms with Crippen LogP contribution in [0.25, 0.3) is 10.9 Å². The Kier molecular flexibility index (Phi) is 3.15. The number of carboxylic acids is 1. The van der Waals surface area contributed by atoms with E-state index in [0.29, 0.717) is 23.3 Å². The molecule has 3 rings (SSSR count). The van der Waals surface area contributed by atoms with Gasteiger partial charge in [-0.15, -0.1) is 0 Å². The molecule has 0 aliphatic rings. The number of carbonyl (C=O) groups is 1. The predicted molar refractivity (Wildman–Crippen MR) is 76.9 cm³/mol. The number of benzene rings is 1. The van der Waals surface area contributed by atoms with Crippen LogP contribution in [0, 0.1) is 0 Å².